The van der Waals surface area contributed by atoms with E-state index in [-0.39, 0.29) is 6.67 Å². The molecule has 56 valence electrons. The van der Waals surface area contributed by atoms with Gasteiger partial charge in [0.25, 0.3) is 0 Å². The standard InChI is InChI=1S/C9H13F/c1-3-5-7-9(8-10)6-4-2/h1,6H,4-5,7-8H2,2H3/b9-6-. The van der Waals surface area contributed by atoms with Gasteiger partial charge in [-0.15, -0.1) is 12.3 Å². The first-order valence-corrected chi connectivity index (χ1v) is 3.52. The second-order valence-corrected chi connectivity index (χ2v) is 2.11. The van der Waals surface area contributed by atoms with Crippen LogP contribution in [-0.2, 0) is 0 Å². The molecule has 0 amide bonds. The van der Waals surface area contributed by atoms with Crippen LogP contribution >= 0.6 is 0 Å². The molecule has 0 N–H and O–H groups in total. The molecule has 10 heavy (non-hydrogen) atoms. The highest BCUT2D eigenvalue weighted by molar-refractivity contribution is 5.04. The molecule has 0 nitrogen and oxygen atoms in total. The summed E-state index contributed by atoms with van der Waals surface area (Å²) in [5, 5.41) is 0. The summed E-state index contributed by atoms with van der Waals surface area (Å²) in [6.45, 7) is 1.64. The lowest BCUT2D eigenvalue weighted by atomic mass is 10.1. The molecule has 0 saturated heterocycles. The minimum absolute atomic E-state index is 0.352. The molecular formula is C9H13F. The molecule has 0 rings (SSSR count). The molecule has 0 aliphatic carbocycles. The summed E-state index contributed by atoms with van der Waals surface area (Å²) in [7, 11) is 0. The number of allylic oxidation sites excluding steroid dienone is 2. The molecule has 0 aromatic carbocycles. The molecule has 0 atom stereocenters. The summed E-state index contributed by atoms with van der Waals surface area (Å²) >= 11 is 0. The fourth-order valence-electron chi connectivity index (χ4n) is 0.745. The van der Waals surface area contributed by atoms with Crippen molar-refractivity contribution in [2.75, 3.05) is 6.67 Å². The first kappa shape index (κ1) is 9.23. The van der Waals surface area contributed by atoms with Gasteiger partial charge < -0.3 is 0 Å². The quantitative estimate of drug-likeness (QED) is 0.416. The smallest absolute Gasteiger partial charge is 0.111 e. The van der Waals surface area contributed by atoms with E-state index in [1.54, 1.807) is 0 Å². The average Bonchev–Trinajstić information content (AvgIpc) is 1.98. The van der Waals surface area contributed by atoms with Crippen molar-refractivity contribution in [3.63, 3.8) is 0 Å². The van der Waals surface area contributed by atoms with E-state index < -0.39 is 0 Å². The van der Waals surface area contributed by atoms with Gasteiger partial charge in [-0.3, -0.25) is 0 Å². The fraction of sp³-hybridized carbons (Fsp3) is 0.556. The van der Waals surface area contributed by atoms with Gasteiger partial charge in [-0.1, -0.05) is 13.0 Å². The van der Waals surface area contributed by atoms with Crippen LogP contribution in [0.1, 0.15) is 26.2 Å². The molecule has 0 radical (unpaired) electrons. The SMILES string of the molecule is C#CCC/C(=C/CC)CF. The van der Waals surface area contributed by atoms with Crippen LogP contribution in [0, 0.1) is 12.3 Å². The second kappa shape index (κ2) is 6.35. The second-order valence-electron chi connectivity index (χ2n) is 2.11. The van der Waals surface area contributed by atoms with Crippen molar-refractivity contribution < 1.29 is 4.39 Å². The van der Waals surface area contributed by atoms with Crippen LogP contribution in [0.25, 0.3) is 0 Å². The third-order valence-corrected chi connectivity index (χ3v) is 1.25. The van der Waals surface area contributed by atoms with E-state index in [0.717, 1.165) is 12.0 Å². The van der Waals surface area contributed by atoms with Gasteiger partial charge in [0.2, 0.25) is 0 Å². The van der Waals surface area contributed by atoms with Crippen LogP contribution in [-0.4, -0.2) is 6.67 Å². The maximum absolute atomic E-state index is 12.0. The topological polar surface area (TPSA) is 0 Å². The van der Waals surface area contributed by atoms with Crippen LogP contribution in [0.3, 0.4) is 0 Å². The minimum Gasteiger partial charge on any atom is -0.246 e. The monoisotopic (exact) mass is 140 g/mol. The molecule has 0 heterocycles. The lowest BCUT2D eigenvalue weighted by Crippen LogP contribution is -1.84. The Kier molecular flexibility index (Phi) is 5.86. The Morgan fingerprint density at radius 3 is 2.80 bits per heavy atom. The third-order valence-electron chi connectivity index (χ3n) is 1.25. The molecule has 0 fully saturated rings. The van der Waals surface area contributed by atoms with E-state index in [9.17, 15) is 4.39 Å². The fourth-order valence-corrected chi connectivity index (χ4v) is 0.745. The van der Waals surface area contributed by atoms with Crippen molar-refractivity contribution in [3.8, 4) is 12.3 Å². The first-order chi connectivity index (χ1) is 4.85. The van der Waals surface area contributed by atoms with Crippen LogP contribution < -0.4 is 0 Å². The average molecular weight is 140 g/mol. The van der Waals surface area contributed by atoms with Gasteiger partial charge in [0, 0.05) is 6.42 Å². The third kappa shape index (κ3) is 4.14. The molecule has 0 unspecified atom stereocenters. The van der Waals surface area contributed by atoms with Crippen LogP contribution in [0.2, 0.25) is 0 Å². The predicted molar refractivity (Wildman–Crippen MR) is 42.4 cm³/mol. The highest BCUT2D eigenvalue weighted by atomic mass is 19.1. The van der Waals surface area contributed by atoms with E-state index >= 15 is 0 Å². The maximum Gasteiger partial charge on any atom is 0.111 e. The van der Waals surface area contributed by atoms with Crippen molar-refractivity contribution in [1.29, 1.82) is 0 Å². The van der Waals surface area contributed by atoms with Crippen LogP contribution in [0.4, 0.5) is 4.39 Å². The number of hydrogen-bond acceptors (Lipinski definition) is 0. The van der Waals surface area contributed by atoms with Crippen LogP contribution in [0.15, 0.2) is 11.6 Å². The summed E-state index contributed by atoms with van der Waals surface area (Å²) < 4.78 is 12.0. The van der Waals surface area contributed by atoms with Gasteiger partial charge in [-0.2, -0.15) is 0 Å². The molecule has 0 aliphatic heterocycles. The summed E-state index contributed by atoms with van der Waals surface area (Å²) in [6.07, 6.45) is 9.18. The summed E-state index contributed by atoms with van der Waals surface area (Å²) in [4.78, 5) is 0. The zero-order valence-electron chi connectivity index (χ0n) is 6.36. The zero-order valence-corrected chi connectivity index (χ0v) is 6.36. The van der Waals surface area contributed by atoms with E-state index in [2.05, 4.69) is 5.92 Å². The van der Waals surface area contributed by atoms with E-state index in [1.807, 2.05) is 13.0 Å². The normalized spacial score (nSPS) is 11.1. The Bertz CT molecular complexity index is 139. The Balaban J connectivity index is 3.62. The molecule has 0 aromatic heterocycles. The minimum atomic E-state index is -0.352. The molecular weight excluding hydrogens is 127 g/mol. The van der Waals surface area contributed by atoms with Crippen molar-refractivity contribution in [3.05, 3.63) is 11.6 Å². The van der Waals surface area contributed by atoms with Gasteiger partial charge in [0.1, 0.15) is 6.67 Å². The van der Waals surface area contributed by atoms with Gasteiger partial charge in [-0.05, 0) is 18.4 Å². The molecule has 0 saturated carbocycles. The lowest BCUT2D eigenvalue weighted by molar-refractivity contribution is 0.531. The summed E-state index contributed by atoms with van der Waals surface area (Å²) in [6, 6.07) is 0. The predicted octanol–water partition coefficient (Wildman–Crippen LogP) is 2.71. The molecule has 0 bridgehead atoms. The summed E-state index contributed by atoms with van der Waals surface area (Å²) in [5.74, 6) is 2.48. The number of hydrogen-bond donors (Lipinski definition) is 0. The van der Waals surface area contributed by atoms with E-state index in [1.165, 1.54) is 0 Å². The maximum atomic E-state index is 12.0. The van der Waals surface area contributed by atoms with E-state index in [4.69, 9.17) is 6.42 Å². The Hall–Kier alpha value is -0.770. The van der Waals surface area contributed by atoms with Gasteiger partial charge in [-0.25, -0.2) is 4.39 Å². The number of halogens is 1. The number of rotatable bonds is 4. The number of terminal acetylenes is 1. The molecule has 0 spiro atoms. The molecule has 0 aliphatic rings. The van der Waals surface area contributed by atoms with Crippen molar-refractivity contribution in [1.82, 2.24) is 0 Å². The van der Waals surface area contributed by atoms with Crippen molar-refractivity contribution in [2.45, 2.75) is 26.2 Å². The molecule has 1 heteroatoms. The van der Waals surface area contributed by atoms with Gasteiger partial charge in [0.15, 0.2) is 0 Å². The number of alkyl halides is 1. The largest absolute Gasteiger partial charge is 0.246 e. The Labute approximate surface area is 62.1 Å². The highest BCUT2D eigenvalue weighted by Crippen LogP contribution is 2.05. The first-order valence-electron chi connectivity index (χ1n) is 3.52. The summed E-state index contributed by atoms with van der Waals surface area (Å²) in [5.41, 5.74) is 0.834. The van der Waals surface area contributed by atoms with Gasteiger partial charge >= 0.3 is 0 Å². The lowest BCUT2D eigenvalue weighted by Gasteiger charge is -1.96. The Morgan fingerprint density at radius 2 is 2.40 bits per heavy atom. The van der Waals surface area contributed by atoms with Crippen LogP contribution in [0.5, 0.6) is 0 Å². The molecule has 0 aromatic rings. The van der Waals surface area contributed by atoms with Crippen molar-refractivity contribution in [2.24, 2.45) is 0 Å². The van der Waals surface area contributed by atoms with Gasteiger partial charge in [0.05, 0.1) is 0 Å². The highest BCUT2D eigenvalue weighted by Gasteiger charge is 1.92. The Morgan fingerprint density at radius 1 is 1.70 bits per heavy atom. The van der Waals surface area contributed by atoms with Crippen molar-refractivity contribution >= 4 is 0 Å². The zero-order chi connectivity index (χ0) is 7.82. The van der Waals surface area contributed by atoms with E-state index in [0.29, 0.717) is 12.8 Å².